The van der Waals surface area contributed by atoms with E-state index in [9.17, 15) is 0 Å². The first-order valence-electron chi connectivity index (χ1n) is 11.9. The van der Waals surface area contributed by atoms with Crippen molar-refractivity contribution in [2.75, 3.05) is 38.3 Å². The molecule has 0 fully saturated rings. The van der Waals surface area contributed by atoms with Crippen LogP contribution in [0.25, 0.3) is 21.8 Å². The number of fused-ring (bicyclic) bond motifs is 2. The van der Waals surface area contributed by atoms with E-state index in [1.54, 1.807) is 19.2 Å². The Hall–Kier alpha value is -4.40. The summed E-state index contributed by atoms with van der Waals surface area (Å²) >= 11 is 0. The predicted molar refractivity (Wildman–Crippen MR) is 144 cm³/mol. The fourth-order valence-corrected chi connectivity index (χ4v) is 3.69. The molecule has 186 valence electrons. The zero-order chi connectivity index (χ0) is 25.2. The molecule has 2 aromatic carbocycles. The van der Waals surface area contributed by atoms with Crippen LogP contribution in [-0.4, -0.2) is 41.8 Å². The van der Waals surface area contributed by atoms with Gasteiger partial charge in [-0.05, 0) is 73.5 Å². The first-order valence-corrected chi connectivity index (χ1v) is 11.9. The van der Waals surface area contributed by atoms with E-state index in [0.29, 0.717) is 31.4 Å². The van der Waals surface area contributed by atoms with Crippen molar-refractivity contribution in [3.05, 3.63) is 72.9 Å². The summed E-state index contributed by atoms with van der Waals surface area (Å²) in [6, 6.07) is 19.1. The number of allylic oxidation sites excluding steroid dienone is 1. The van der Waals surface area contributed by atoms with Crippen LogP contribution in [0.3, 0.4) is 0 Å². The number of unbranched alkanes of at least 4 members (excludes halogenated alkanes) is 1. The highest BCUT2D eigenvalue weighted by Gasteiger charge is 2.02. The van der Waals surface area contributed by atoms with Gasteiger partial charge in [-0.1, -0.05) is 11.3 Å². The molecule has 0 radical (unpaired) electrons. The molecule has 4 N–H and O–H groups in total. The smallest absolute Gasteiger partial charge is 0.124 e. The van der Waals surface area contributed by atoms with Gasteiger partial charge in [0.2, 0.25) is 0 Å². The van der Waals surface area contributed by atoms with Crippen LogP contribution in [0, 0.1) is 0 Å². The lowest BCUT2D eigenvalue weighted by Gasteiger charge is -2.13. The fourth-order valence-electron chi connectivity index (χ4n) is 3.69. The second-order valence-corrected chi connectivity index (χ2v) is 8.21. The summed E-state index contributed by atoms with van der Waals surface area (Å²) in [6.45, 7) is 1.89. The Bertz CT molecular complexity index is 1360. The Labute approximate surface area is 210 Å². The lowest BCUT2D eigenvalue weighted by molar-refractivity contribution is 0.274. The number of nitrogens with zero attached hydrogens (tertiary/aromatic N) is 5. The molecule has 0 atom stereocenters. The maximum Gasteiger partial charge on any atom is 0.124 e. The number of hydrogen-bond acceptors (Lipinski definition) is 8. The average Bonchev–Trinajstić information content (AvgIpc) is 2.88. The van der Waals surface area contributed by atoms with Crippen LogP contribution < -0.4 is 20.9 Å². The van der Waals surface area contributed by atoms with Crippen LogP contribution in [0.5, 0.6) is 11.5 Å². The van der Waals surface area contributed by atoms with Gasteiger partial charge in [-0.15, -0.1) is 0 Å². The number of benzene rings is 2. The zero-order valence-corrected chi connectivity index (χ0v) is 20.4. The number of pyridine rings is 2. The highest BCUT2D eigenvalue weighted by molar-refractivity contribution is 5.82. The van der Waals surface area contributed by atoms with Crippen LogP contribution in [0.15, 0.2) is 83.3 Å². The van der Waals surface area contributed by atoms with Crippen molar-refractivity contribution in [2.45, 2.75) is 19.3 Å². The molecular formula is C27H31N7O2. The number of ether oxygens (including phenoxy) is 2. The van der Waals surface area contributed by atoms with Crippen LogP contribution in [-0.2, 0) is 0 Å². The predicted octanol–water partition coefficient (Wildman–Crippen LogP) is 5.39. The van der Waals surface area contributed by atoms with Crippen LogP contribution in [0.4, 0.5) is 11.6 Å². The normalized spacial score (nSPS) is 11.6. The summed E-state index contributed by atoms with van der Waals surface area (Å²) in [4.78, 5) is 8.61. The second kappa shape index (κ2) is 12.3. The van der Waals surface area contributed by atoms with E-state index in [1.807, 2.05) is 59.7 Å². The maximum absolute atomic E-state index is 5.90. The SMILES string of the molecule is C/N=N\N(/C=C/CCCOc1ccc2nc(N)ccc2c1)CCCOc1ccc2nc(N)ccc2c1. The second-order valence-electron chi connectivity index (χ2n) is 8.21. The maximum atomic E-state index is 5.90. The van der Waals surface area contributed by atoms with Gasteiger partial charge in [0.25, 0.3) is 0 Å². The van der Waals surface area contributed by atoms with Gasteiger partial charge >= 0.3 is 0 Å². The summed E-state index contributed by atoms with van der Waals surface area (Å²) in [7, 11) is 1.66. The van der Waals surface area contributed by atoms with Crippen molar-refractivity contribution < 1.29 is 9.47 Å². The van der Waals surface area contributed by atoms with Gasteiger partial charge < -0.3 is 20.9 Å². The van der Waals surface area contributed by atoms with Gasteiger partial charge in [0.15, 0.2) is 0 Å². The lowest BCUT2D eigenvalue weighted by Crippen LogP contribution is -2.14. The molecule has 0 saturated carbocycles. The monoisotopic (exact) mass is 485 g/mol. The van der Waals surface area contributed by atoms with E-state index in [0.717, 1.165) is 52.6 Å². The molecule has 36 heavy (non-hydrogen) atoms. The molecule has 0 saturated heterocycles. The van der Waals surface area contributed by atoms with Gasteiger partial charge in [0.05, 0.1) is 31.3 Å². The van der Waals surface area contributed by atoms with Crippen molar-refractivity contribution in [3.8, 4) is 11.5 Å². The largest absolute Gasteiger partial charge is 0.494 e. The van der Waals surface area contributed by atoms with E-state index in [-0.39, 0.29) is 0 Å². The first-order chi connectivity index (χ1) is 17.6. The van der Waals surface area contributed by atoms with E-state index in [1.165, 1.54) is 0 Å². The molecule has 0 unspecified atom stereocenters. The third-order valence-corrected chi connectivity index (χ3v) is 5.43. The Kier molecular flexibility index (Phi) is 8.48. The lowest BCUT2D eigenvalue weighted by atomic mass is 10.2. The van der Waals surface area contributed by atoms with Gasteiger partial charge in [0.1, 0.15) is 23.1 Å². The molecule has 0 aliphatic carbocycles. The topological polar surface area (TPSA) is 124 Å². The van der Waals surface area contributed by atoms with Crippen LogP contribution >= 0.6 is 0 Å². The van der Waals surface area contributed by atoms with Gasteiger partial charge in [0, 0.05) is 29.9 Å². The number of nitrogens with two attached hydrogens (primary N) is 2. The van der Waals surface area contributed by atoms with Crippen molar-refractivity contribution >= 4 is 33.4 Å². The molecule has 2 heterocycles. The van der Waals surface area contributed by atoms with Crippen molar-refractivity contribution in [3.63, 3.8) is 0 Å². The molecule has 9 heteroatoms. The third kappa shape index (κ3) is 7.05. The standard InChI is InChI=1S/C27H31N7O2/c1-30-33-34(15-5-17-36-23-9-11-25-21(19-23)7-13-27(29)32-25)14-3-2-4-16-35-22-8-10-24-20(18-22)6-12-26(28)31-24/h3,6-14,18-19H,2,4-5,15-17H2,1H3,(H2,28,31)(H2,29,32)/b14-3+,33-30-. The molecule has 4 aromatic rings. The third-order valence-electron chi connectivity index (χ3n) is 5.43. The first kappa shape index (κ1) is 24.7. The Morgan fingerprint density at radius 3 is 1.97 bits per heavy atom. The minimum absolute atomic E-state index is 0.510. The summed E-state index contributed by atoms with van der Waals surface area (Å²) in [5.41, 5.74) is 13.2. The highest BCUT2D eigenvalue weighted by atomic mass is 16.5. The number of anilines is 2. The molecule has 0 aliphatic heterocycles. The van der Waals surface area contributed by atoms with Crippen molar-refractivity contribution in [1.29, 1.82) is 0 Å². The molecule has 9 nitrogen and oxygen atoms in total. The number of rotatable bonds is 12. The molecule has 2 aromatic heterocycles. The van der Waals surface area contributed by atoms with Crippen LogP contribution in [0.2, 0.25) is 0 Å². The summed E-state index contributed by atoms with van der Waals surface area (Å²) in [5.74, 6) is 2.66. The van der Waals surface area contributed by atoms with E-state index < -0.39 is 0 Å². The quantitative estimate of drug-likeness (QED) is 0.157. The van der Waals surface area contributed by atoms with Gasteiger partial charge in [-0.2, -0.15) is 5.11 Å². The Morgan fingerprint density at radius 2 is 1.39 bits per heavy atom. The zero-order valence-electron chi connectivity index (χ0n) is 20.4. The molecular weight excluding hydrogens is 454 g/mol. The fraction of sp³-hybridized carbons (Fsp3) is 0.259. The number of aromatic nitrogens is 2. The molecule has 0 bridgehead atoms. The summed E-state index contributed by atoms with van der Waals surface area (Å²) in [5, 5.41) is 11.9. The van der Waals surface area contributed by atoms with Crippen molar-refractivity contribution in [1.82, 2.24) is 15.0 Å². The minimum Gasteiger partial charge on any atom is -0.494 e. The Balaban J connectivity index is 1.16. The van der Waals surface area contributed by atoms with E-state index >= 15 is 0 Å². The molecule has 0 spiro atoms. The van der Waals surface area contributed by atoms with Crippen LogP contribution in [0.1, 0.15) is 19.3 Å². The van der Waals surface area contributed by atoms with Gasteiger partial charge in [-0.3, -0.25) is 5.01 Å². The average molecular weight is 486 g/mol. The summed E-state index contributed by atoms with van der Waals surface area (Å²) < 4.78 is 11.8. The minimum atomic E-state index is 0.510. The number of nitrogen functional groups attached to an aromatic ring is 2. The van der Waals surface area contributed by atoms with E-state index in [2.05, 4.69) is 26.4 Å². The molecule has 0 amide bonds. The highest BCUT2D eigenvalue weighted by Crippen LogP contribution is 2.22. The number of hydrogen-bond donors (Lipinski definition) is 2. The van der Waals surface area contributed by atoms with Gasteiger partial charge in [-0.25, -0.2) is 9.97 Å². The van der Waals surface area contributed by atoms with E-state index in [4.69, 9.17) is 20.9 Å². The molecule has 4 rings (SSSR count). The summed E-state index contributed by atoms with van der Waals surface area (Å²) in [6.07, 6.45) is 6.58. The molecule has 0 aliphatic rings. The Morgan fingerprint density at radius 1 is 0.806 bits per heavy atom. The van der Waals surface area contributed by atoms with Crippen molar-refractivity contribution in [2.24, 2.45) is 10.3 Å².